The predicted molar refractivity (Wildman–Crippen MR) is 52.5 cm³/mol. The number of H-pyrrole nitrogens is 1. The highest BCUT2D eigenvalue weighted by Crippen LogP contribution is 2.26. The molecule has 0 amide bonds. The van der Waals surface area contributed by atoms with Crippen molar-refractivity contribution in [3.8, 4) is 0 Å². The SMILES string of the molecule is [2H]c1cc(=N)[nH]c(=O)n1[C@H]1C[C@H](O)[C@@H](CO)O1. The van der Waals surface area contributed by atoms with Gasteiger partial charge in [-0.2, -0.15) is 0 Å². The summed E-state index contributed by atoms with van der Waals surface area (Å²) in [6, 6.07) is 1.17. The highest BCUT2D eigenvalue weighted by molar-refractivity contribution is 4.87. The summed E-state index contributed by atoms with van der Waals surface area (Å²) >= 11 is 0. The minimum absolute atomic E-state index is 0.127. The Labute approximate surface area is 91.9 Å². The summed E-state index contributed by atoms with van der Waals surface area (Å²) in [5, 5.41) is 25.7. The number of aromatic amines is 1. The van der Waals surface area contributed by atoms with E-state index in [4.69, 9.17) is 16.6 Å². The van der Waals surface area contributed by atoms with E-state index in [0.29, 0.717) is 0 Å². The molecular formula is C9H13N3O4. The molecule has 2 rings (SSSR count). The van der Waals surface area contributed by atoms with Gasteiger partial charge in [0.2, 0.25) is 0 Å². The maximum atomic E-state index is 11.6. The number of aliphatic hydroxyl groups is 2. The van der Waals surface area contributed by atoms with E-state index in [1.807, 2.05) is 0 Å². The van der Waals surface area contributed by atoms with E-state index >= 15 is 0 Å². The van der Waals surface area contributed by atoms with Crippen molar-refractivity contribution in [1.29, 1.82) is 5.41 Å². The van der Waals surface area contributed by atoms with Crippen LogP contribution in [0, 0.1) is 5.41 Å². The monoisotopic (exact) mass is 228 g/mol. The fourth-order valence-electron chi connectivity index (χ4n) is 1.66. The van der Waals surface area contributed by atoms with Crippen LogP contribution >= 0.6 is 0 Å². The molecule has 16 heavy (non-hydrogen) atoms. The Balaban J connectivity index is 2.37. The van der Waals surface area contributed by atoms with Crippen LogP contribution in [0.5, 0.6) is 0 Å². The molecule has 0 spiro atoms. The van der Waals surface area contributed by atoms with Crippen LogP contribution in [0.3, 0.4) is 0 Å². The van der Waals surface area contributed by atoms with E-state index in [-0.39, 0.29) is 24.7 Å². The lowest BCUT2D eigenvalue weighted by Crippen LogP contribution is -2.31. The Bertz CT molecular complexity index is 526. The molecule has 4 N–H and O–H groups in total. The fraction of sp³-hybridized carbons (Fsp3) is 0.556. The number of hydrogen-bond acceptors (Lipinski definition) is 5. The molecule has 1 aliphatic rings. The van der Waals surface area contributed by atoms with Gasteiger partial charge in [0.15, 0.2) is 0 Å². The van der Waals surface area contributed by atoms with Crippen LogP contribution in [0.25, 0.3) is 0 Å². The molecule has 1 aromatic heterocycles. The molecule has 1 fully saturated rings. The Morgan fingerprint density at radius 3 is 3.12 bits per heavy atom. The van der Waals surface area contributed by atoms with Gasteiger partial charge >= 0.3 is 5.69 Å². The van der Waals surface area contributed by atoms with Crippen molar-refractivity contribution in [2.24, 2.45) is 0 Å². The van der Waals surface area contributed by atoms with E-state index in [1.165, 1.54) is 6.07 Å². The minimum Gasteiger partial charge on any atom is -0.394 e. The van der Waals surface area contributed by atoms with Crippen LogP contribution < -0.4 is 11.2 Å². The second-order valence-electron chi connectivity index (χ2n) is 3.60. The first-order chi connectivity index (χ1) is 8.02. The second kappa shape index (κ2) is 4.20. The average molecular weight is 228 g/mol. The smallest absolute Gasteiger partial charge is 0.329 e. The summed E-state index contributed by atoms with van der Waals surface area (Å²) in [6.45, 7) is -0.347. The van der Waals surface area contributed by atoms with Crippen LogP contribution in [-0.2, 0) is 4.74 Å². The lowest BCUT2D eigenvalue weighted by Gasteiger charge is -2.13. The average Bonchev–Trinajstić information content (AvgIpc) is 2.57. The summed E-state index contributed by atoms with van der Waals surface area (Å²) in [5.41, 5.74) is -0.799. The van der Waals surface area contributed by atoms with Crippen LogP contribution in [0.4, 0.5) is 0 Å². The molecule has 7 heteroatoms. The Hall–Kier alpha value is -1.44. The topological polar surface area (TPSA) is 111 Å². The molecule has 88 valence electrons. The van der Waals surface area contributed by atoms with Gasteiger partial charge in [-0.1, -0.05) is 0 Å². The third kappa shape index (κ3) is 1.92. The van der Waals surface area contributed by atoms with Crippen molar-refractivity contribution in [2.75, 3.05) is 6.61 Å². The Morgan fingerprint density at radius 2 is 2.56 bits per heavy atom. The van der Waals surface area contributed by atoms with Crippen LogP contribution in [0.2, 0.25) is 0 Å². The van der Waals surface area contributed by atoms with Crippen LogP contribution in [0.1, 0.15) is 14.0 Å². The number of nitrogens with one attached hydrogen (secondary N) is 2. The van der Waals surface area contributed by atoms with E-state index in [9.17, 15) is 9.90 Å². The standard InChI is InChI=1S/C9H13N3O4/c10-7-1-2-12(9(15)11-7)8-3-5(14)6(4-13)16-8/h1-2,5-6,8,13-14H,3-4H2,(H2,10,11,15)/t5-,6+,8+/m0/s1/i2D. The van der Waals surface area contributed by atoms with Crippen molar-refractivity contribution >= 4 is 0 Å². The summed E-state index contributed by atoms with van der Waals surface area (Å²) in [5.74, 6) is 0. The first kappa shape index (κ1) is 9.76. The summed E-state index contributed by atoms with van der Waals surface area (Å²) in [6.07, 6.45) is -2.45. The highest BCUT2D eigenvalue weighted by atomic mass is 16.5. The van der Waals surface area contributed by atoms with Crippen LogP contribution in [0.15, 0.2) is 17.0 Å². The normalized spacial score (nSPS) is 30.4. The van der Waals surface area contributed by atoms with E-state index < -0.39 is 24.1 Å². The van der Waals surface area contributed by atoms with Crippen molar-refractivity contribution in [3.63, 3.8) is 0 Å². The number of nitrogens with zero attached hydrogens (tertiary/aromatic N) is 1. The predicted octanol–water partition coefficient (Wildman–Crippen LogP) is -1.70. The Kier molecular flexibility index (Phi) is 2.56. The van der Waals surface area contributed by atoms with Gasteiger partial charge in [-0.25, -0.2) is 4.79 Å². The summed E-state index contributed by atoms with van der Waals surface area (Å²) in [7, 11) is 0. The second-order valence-corrected chi connectivity index (χ2v) is 3.60. The first-order valence-corrected chi connectivity index (χ1v) is 4.84. The highest BCUT2D eigenvalue weighted by Gasteiger charge is 2.34. The third-order valence-electron chi connectivity index (χ3n) is 2.48. The molecule has 1 aromatic rings. The molecule has 0 saturated carbocycles. The fourth-order valence-corrected chi connectivity index (χ4v) is 1.66. The molecule has 1 aliphatic heterocycles. The minimum atomic E-state index is -0.869. The van der Waals surface area contributed by atoms with Crippen molar-refractivity contribution in [2.45, 2.75) is 24.9 Å². The van der Waals surface area contributed by atoms with Gasteiger partial charge in [0.25, 0.3) is 0 Å². The number of rotatable bonds is 2. The molecule has 2 heterocycles. The van der Waals surface area contributed by atoms with Gasteiger partial charge in [-0.15, -0.1) is 0 Å². The number of aromatic nitrogens is 2. The molecule has 0 unspecified atom stereocenters. The number of hydrogen-bond donors (Lipinski definition) is 4. The molecule has 0 aromatic carbocycles. The van der Waals surface area contributed by atoms with Gasteiger partial charge in [0, 0.05) is 12.6 Å². The van der Waals surface area contributed by atoms with Crippen molar-refractivity contribution in [1.82, 2.24) is 9.55 Å². The van der Waals surface area contributed by atoms with E-state index in [0.717, 1.165) is 4.57 Å². The number of ether oxygens (including phenoxy) is 1. The zero-order valence-corrected chi connectivity index (χ0v) is 8.38. The third-order valence-corrected chi connectivity index (χ3v) is 2.48. The van der Waals surface area contributed by atoms with Crippen molar-refractivity contribution < 1.29 is 16.3 Å². The maximum absolute atomic E-state index is 11.6. The molecule has 0 bridgehead atoms. The van der Waals surface area contributed by atoms with Gasteiger partial charge in [0.05, 0.1) is 14.1 Å². The number of aliphatic hydroxyl groups excluding tert-OH is 2. The molecule has 1 saturated heterocycles. The van der Waals surface area contributed by atoms with Gasteiger partial charge in [-0.05, 0) is 6.07 Å². The van der Waals surface area contributed by atoms with E-state index in [2.05, 4.69) is 4.98 Å². The molecular weight excluding hydrogens is 214 g/mol. The van der Waals surface area contributed by atoms with Crippen LogP contribution in [-0.4, -0.2) is 38.6 Å². The van der Waals surface area contributed by atoms with Gasteiger partial charge < -0.3 is 14.9 Å². The maximum Gasteiger partial charge on any atom is 0.329 e. The zero-order chi connectivity index (χ0) is 12.6. The summed E-state index contributed by atoms with van der Waals surface area (Å²) in [4.78, 5) is 13.8. The molecule has 3 atom stereocenters. The molecule has 0 aliphatic carbocycles. The first-order valence-electron chi connectivity index (χ1n) is 5.34. The lowest BCUT2D eigenvalue weighted by molar-refractivity contribution is -0.0459. The van der Waals surface area contributed by atoms with Gasteiger partial charge in [0.1, 0.15) is 17.8 Å². The zero-order valence-electron chi connectivity index (χ0n) is 9.38. The van der Waals surface area contributed by atoms with Gasteiger partial charge in [-0.3, -0.25) is 15.0 Å². The largest absolute Gasteiger partial charge is 0.394 e. The quantitative estimate of drug-likeness (QED) is 0.483. The molecule has 0 radical (unpaired) electrons. The van der Waals surface area contributed by atoms with E-state index in [1.54, 1.807) is 0 Å². The van der Waals surface area contributed by atoms with Crippen molar-refractivity contribution in [3.05, 3.63) is 28.2 Å². The molecule has 7 nitrogen and oxygen atoms in total. The Morgan fingerprint density at radius 1 is 1.81 bits per heavy atom. The lowest BCUT2D eigenvalue weighted by atomic mass is 10.2. The summed E-state index contributed by atoms with van der Waals surface area (Å²) < 4.78 is 13.9.